The second-order valence-corrected chi connectivity index (χ2v) is 16.4. The molecule has 54 heavy (non-hydrogen) atoms. The van der Waals surface area contributed by atoms with E-state index in [0.29, 0.717) is 37.9 Å². The van der Waals surface area contributed by atoms with Crippen LogP contribution in [0.15, 0.2) is 48.1 Å². The Balaban J connectivity index is 1.72. The van der Waals surface area contributed by atoms with Crippen LogP contribution in [0.1, 0.15) is 100.0 Å². The summed E-state index contributed by atoms with van der Waals surface area (Å²) < 4.78 is 37.2. The van der Waals surface area contributed by atoms with Gasteiger partial charge in [0, 0.05) is 44.9 Å². The fourth-order valence-electron chi connectivity index (χ4n) is 11.1. The lowest BCUT2D eigenvalue weighted by Gasteiger charge is -2.71. The maximum absolute atomic E-state index is 13.2. The van der Waals surface area contributed by atoms with E-state index in [1.54, 1.807) is 6.92 Å². The molecule has 5 unspecified atom stereocenters. The van der Waals surface area contributed by atoms with Crippen LogP contribution in [0.3, 0.4) is 0 Å². The van der Waals surface area contributed by atoms with E-state index in [2.05, 4.69) is 19.9 Å². The van der Waals surface area contributed by atoms with Crippen LogP contribution in [0.5, 0.6) is 5.75 Å². The number of rotatable bonds is 12. The van der Waals surface area contributed by atoms with Crippen LogP contribution in [0.25, 0.3) is 0 Å². The summed E-state index contributed by atoms with van der Waals surface area (Å²) >= 11 is 0. The van der Waals surface area contributed by atoms with Gasteiger partial charge in [0.1, 0.15) is 24.1 Å². The topological polar surface area (TPSA) is 144 Å². The van der Waals surface area contributed by atoms with Crippen molar-refractivity contribution in [3.05, 3.63) is 53.6 Å². The van der Waals surface area contributed by atoms with Gasteiger partial charge in [0.25, 0.3) is 0 Å². The summed E-state index contributed by atoms with van der Waals surface area (Å²) in [5.41, 5.74) is -2.64. The van der Waals surface area contributed by atoms with Crippen molar-refractivity contribution in [2.24, 2.45) is 34.0 Å². The third kappa shape index (κ3) is 7.34. The molecule has 11 heteroatoms. The lowest BCUT2D eigenvalue weighted by molar-refractivity contribution is -0.304. The van der Waals surface area contributed by atoms with E-state index in [1.165, 1.54) is 27.7 Å². The van der Waals surface area contributed by atoms with Gasteiger partial charge in [-0.1, -0.05) is 57.5 Å². The number of carbonyl (C=O) groups excluding carboxylic acids is 4. The molecule has 0 radical (unpaired) electrons. The summed E-state index contributed by atoms with van der Waals surface area (Å²) in [7, 11) is 0. The first-order valence-corrected chi connectivity index (χ1v) is 19.5. The van der Waals surface area contributed by atoms with Gasteiger partial charge in [-0.2, -0.15) is 0 Å². The quantitative estimate of drug-likeness (QED) is 0.109. The van der Waals surface area contributed by atoms with Crippen LogP contribution in [-0.4, -0.2) is 78.8 Å². The first kappa shape index (κ1) is 41.5. The van der Waals surface area contributed by atoms with Crippen molar-refractivity contribution >= 4 is 23.9 Å². The highest BCUT2D eigenvalue weighted by atomic mass is 16.6. The maximum Gasteiger partial charge on any atom is 0.303 e. The van der Waals surface area contributed by atoms with Crippen LogP contribution in [0, 0.1) is 34.0 Å². The summed E-state index contributed by atoms with van der Waals surface area (Å²) in [4.78, 5) is 51.9. The predicted molar refractivity (Wildman–Crippen MR) is 200 cm³/mol. The number of ether oxygens (including phenoxy) is 6. The molecule has 2 saturated carbocycles. The number of allylic oxidation sites excluding steroid dienone is 1. The van der Waals surface area contributed by atoms with Crippen molar-refractivity contribution in [2.45, 2.75) is 131 Å². The molecule has 1 aromatic carbocycles. The van der Waals surface area contributed by atoms with Gasteiger partial charge in [-0.15, -0.1) is 0 Å². The molecule has 1 heterocycles. The number of unbranched alkanes of at least 4 members (excludes halogenated alkanes) is 1. The minimum absolute atomic E-state index is 0.0489. The Labute approximate surface area is 320 Å². The summed E-state index contributed by atoms with van der Waals surface area (Å²) in [6.45, 7) is 16.2. The standard InChI is InChI=1S/C43H60O11/c1-10-11-23-50-33-16-13-12-15-32(33)18-21-43(48)26(2)24-36(52-29(5)45)41(9)35(43)19-20-40(8)34-17-14-22-49-25-42(34,27(3)51-28(4)44)39(54-31(7)47)37(38(40)41)53-30(6)46/h12-17,24,27,34-39,48H,10-11,18-23,25H2,1-9H3/t27?,34?,35?,36-,37?,38?,39+,40+,41-,42-,43+/m1/s1. The molecule has 1 N–H and O–H groups in total. The van der Waals surface area contributed by atoms with Gasteiger partial charge in [-0.05, 0) is 80.6 Å². The number of fused-ring (bicyclic) bond motifs is 5. The normalized spacial score (nSPS) is 36.1. The highest BCUT2D eigenvalue weighted by Gasteiger charge is 2.76. The Bertz CT molecular complexity index is 1630. The molecule has 2 fully saturated rings. The Hall–Kier alpha value is -3.70. The van der Waals surface area contributed by atoms with Crippen LogP contribution >= 0.6 is 0 Å². The van der Waals surface area contributed by atoms with Crippen molar-refractivity contribution in [3.63, 3.8) is 0 Å². The fraction of sp³-hybridized carbons (Fsp3) is 0.674. The molecular weight excluding hydrogens is 692 g/mol. The highest BCUT2D eigenvalue weighted by Crippen LogP contribution is 2.72. The average Bonchev–Trinajstić information content (AvgIpc) is 3.33. The first-order valence-electron chi connectivity index (χ1n) is 19.5. The van der Waals surface area contributed by atoms with Crippen molar-refractivity contribution in [3.8, 4) is 5.75 Å². The molecule has 5 rings (SSSR count). The smallest absolute Gasteiger partial charge is 0.303 e. The van der Waals surface area contributed by atoms with Gasteiger partial charge < -0.3 is 33.5 Å². The summed E-state index contributed by atoms with van der Waals surface area (Å²) in [6, 6.07) is 7.90. The van der Waals surface area contributed by atoms with Crippen molar-refractivity contribution in [2.75, 3.05) is 19.8 Å². The van der Waals surface area contributed by atoms with Crippen LogP contribution < -0.4 is 4.74 Å². The van der Waals surface area contributed by atoms with Gasteiger partial charge in [-0.3, -0.25) is 19.2 Å². The Morgan fingerprint density at radius 1 is 0.981 bits per heavy atom. The molecule has 1 aliphatic heterocycles. The Kier molecular flexibility index (Phi) is 12.4. The molecule has 0 aromatic heterocycles. The molecule has 1 aromatic rings. The van der Waals surface area contributed by atoms with E-state index in [1.807, 2.05) is 50.3 Å². The second-order valence-electron chi connectivity index (χ2n) is 16.4. The third-order valence-electron chi connectivity index (χ3n) is 13.2. The van der Waals surface area contributed by atoms with Crippen molar-refractivity contribution in [1.29, 1.82) is 0 Å². The molecule has 0 amide bonds. The molecule has 3 aliphatic carbocycles. The lowest BCUT2D eigenvalue weighted by Crippen LogP contribution is -2.76. The minimum atomic E-state index is -1.36. The zero-order chi connectivity index (χ0) is 39.6. The molecule has 0 spiro atoms. The first-order chi connectivity index (χ1) is 25.5. The number of para-hydroxylation sites is 1. The van der Waals surface area contributed by atoms with E-state index in [4.69, 9.17) is 28.4 Å². The van der Waals surface area contributed by atoms with E-state index in [9.17, 15) is 24.3 Å². The SMILES string of the molecule is CCCCOc1ccccc1CC[C@]1(O)C(C)=C[C@@H](OC(C)=O)[C@]2(C)C3C(OC(C)=O)[C@H](OC(C)=O)[C@@]4(C(C)OC(C)=O)COCC=CC4[C@]3(C)CCC21. The van der Waals surface area contributed by atoms with Crippen LogP contribution in [0.4, 0.5) is 0 Å². The number of aryl methyl sites for hydroxylation is 1. The molecular formula is C43H60O11. The summed E-state index contributed by atoms with van der Waals surface area (Å²) in [5, 5.41) is 13.2. The van der Waals surface area contributed by atoms with Gasteiger partial charge in [-0.25, -0.2) is 0 Å². The number of hydrogen-bond donors (Lipinski definition) is 1. The Morgan fingerprint density at radius 3 is 2.31 bits per heavy atom. The second kappa shape index (κ2) is 16.2. The van der Waals surface area contributed by atoms with Crippen molar-refractivity contribution < 1.29 is 52.7 Å². The summed E-state index contributed by atoms with van der Waals surface area (Å²) in [6.07, 6.45) is 5.87. The fourth-order valence-corrected chi connectivity index (χ4v) is 11.1. The molecule has 4 aliphatic rings. The predicted octanol–water partition coefficient (Wildman–Crippen LogP) is 6.48. The molecule has 298 valence electrons. The van der Waals surface area contributed by atoms with Gasteiger partial charge in [0.2, 0.25) is 0 Å². The van der Waals surface area contributed by atoms with E-state index >= 15 is 0 Å². The monoisotopic (exact) mass is 752 g/mol. The zero-order valence-corrected chi connectivity index (χ0v) is 33.5. The molecule has 11 nitrogen and oxygen atoms in total. The van der Waals surface area contributed by atoms with Crippen LogP contribution in [0.2, 0.25) is 0 Å². The molecule has 0 bridgehead atoms. The van der Waals surface area contributed by atoms with E-state index in [-0.39, 0.29) is 13.2 Å². The number of esters is 4. The average molecular weight is 753 g/mol. The van der Waals surface area contributed by atoms with E-state index in [0.717, 1.165) is 24.2 Å². The number of hydrogen-bond acceptors (Lipinski definition) is 11. The number of benzene rings is 1. The highest BCUT2D eigenvalue weighted by molar-refractivity contribution is 5.68. The number of aliphatic hydroxyl groups is 1. The van der Waals surface area contributed by atoms with E-state index < -0.39 is 87.9 Å². The number of carbonyl (C=O) groups is 4. The van der Waals surface area contributed by atoms with Gasteiger partial charge in [0.15, 0.2) is 6.10 Å². The minimum Gasteiger partial charge on any atom is -0.493 e. The van der Waals surface area contributed by atoms with Crippen LogP contribution in [-0.2, 0) is 49.3 Å². The Morgan fingerprint density at radius 2 is 1.67 bits per heavy atom. The molecule has 11 atom stereocenters. The molecule has 0 saturated heterocycles. The largest absolute Gasteiger partial charge is 0.493 e. The van der Waals surface area contributed by atoms with Crippen molar-refractivity contribution in [1.82, 2.24) is 0 Å². The zero-order valence-electron chi connectivity index (χ0n) is 33.5. The summed E-state index contributed by atoms with van der Waals surface area (Å²) in [5.74, 6) is -2.95. The maximum atomic E-state index is 13.2. The third-order valence-corrected chi connectivity index (χ3v) is 13.2. The van der Waals surface area contributed by atoms with Gasteiger partial charge >= 0.3 is 23.9 Å². The lowest BCUT2D eigenvalue weighted by atomic mass is 9.35. The van der Waals surface area contributed by atoms with Gasteiger partial charge in [0.05, 0.1) is 30.8 Å².